The van der Waals surface area contributed by atoms with Crippen molar-refractivity contribution < 1.29 is 22.8 Å². The van der Waals surface area contributed by atoms with Crippen molar-refractivity contribution in [3.63, 3.8) is 0 Å². The van der Waals surface area contributed by atoms with Gasteiger partial charge in [-0.3, -0.25) is 4.90 Å². The van der Waals surface area contributed by atoms with Crippen LogP contribution in [0.2, 0.25) is 0 Å². The minimum absolute atomic E-state index is 0.210. The quantitative estimate of drug-likeness (QED) is 0.428. The molecule has 1 aromatic rings. The Morgan fingerprint density at radius 2 is 1.73 bits per heavy atom. The van der Waals surface area contributed by atoms with E-state index in [4.69, 9.17) is 4.74 Å². The number of piperazine rings is 1. The van der Waals surface area contributed by atoms with Crippen LogP contribution in [0.1, 0.15) is 20.3 Å². The molecule has 0 aromatic heterocycles. The summed E-state index contributed by atoms with van der Waals surface area (Å²) in [7, 11) is -3.58. The molecule has 8 nitrogen and oxygen atoms in total. The van der Waals surface area contributed by atoms with Gasteiger partial charge in [0.2, 0.25) is 10.0 Å². The fraction of sp³-hybridized carbons (Fsp3) is 0.652. The molecule has 0 aliphatic carbocycles. The number of hydrogen-bond donors (Lipinski definition) is 2. The van der Waals surface area contributed by atoms with Crippen molar-refractivity contribution in [3.8, 4) is 11.8 Å². The van der Waals surface area contributed by atoms with E-state index in [1.54, 1.807) is 12.1 Å². The molecule has 10 heteroatoms. The number of morpholine rings is 1. The number of halogens is 1. The van der Waals surface area contributed by atoms with Gasteiger partial charge >= 0.3 is 0 Å². The molecule has 0 amide bonds. The van der Waals surface area contributed by atoms with E-state index in [1.165, 1.54) is 16.4 Å². The second-order valence-corrected chi connectivity index (χ2v) is 11.2. The average Bonchev–Trinajstić information content (AvgIpc) is 2.81. The number of hydroxylamine groups is 1. The van der Waals surface area contributed by atoms with Gasteiger partial charge in [0.25, 0.3) is 0 Å². The first kappa shape index (κ1) is 25.9. The fourth-order valence-corrected chi connectivity index (χ4v) is 5.85. The van der Waals surface area contributed by atoms with Crippen LogP contribution < -0.4 is 10.4 Å². The Labute approximate surface area is 196 Å². The first-order valence-corrected chi connectivity index (χ1v) is 13.0. The van der Waals surface area contributed by atoms with Gasteiger partial charge in [-0.05, 0) is 29.7 Å². The molecule has 33 heavy (non-hydrogen) atoms. The van der Waals surface area contributed by atoms with Crippen molar-refractivity contribution in [1.82, 2.24) is 14.7 Å². The number of benzene rings is 1. The summed E-state index contributed by atoms with van der Waals surface area (Å²) in [4.78, 5) is 4.27. The smallest absolute Gasteiger partial charge is 0.215 e. The van der Waals surface area contributed by atoms with Gasteiger partial charge in [-0.1, -0.05) is 19.8 Å². The highest BCUT2D eigenvalue weighted by atomic mass is 32.2. The van der Waals surface area contributed by atoms with Crippen molar-refractivity contribution in [1.29, 1.82) is 0 Å². The molecule has 3 rings (SSSR count). The van der Waals surface area contributed by atoms with Crippen LogP contribution >= 0.6 is 0 Å². The summed E-state index contributed by atoms with van der Waals surface area (Å²) in [6.45, 7) is 9.40. The summed E-state index contributed by atoms with van der Waals surface area (Å²) in [5.41, 5.74) is 2.55. The molecule has 2 heterocycles. The molecular formula is C23H35FN4O4S. The third-order valence-electron chi connectivity index (χ3n) is 6.38. The summed E-state index contributed by atoms with van der Waals surface area (Å²) in [5.74, 6) is 5.81. The lowest BCUT2D eigenvalue weighted by atomic mass is 9.82. The molecule has 2 saturated heterocycles. The maximum Gasteiger partial charge on any atom is 0.215 e. The first-order chi connectivity index (χ1) is 15.7. The maximum atomic E-state index is 13.2. The molecule has 1 aromatic carbocycles. The van der Waals surface area contributed by atoms with E-state index in [0.717, 1.165) is 32.0 Å². The van der Waals surface area contributed by atoms with E-state index in [2.05, 4.69) is 22.2 Å². The largest absolute Gasteiger partial charge is 0.379 e. The van der Waals surface area contributed by atoms with Gasteiger partial charge in [-0.15, -0.1) is 5.92 Å². The Bertz CT molecular complexity index is 916. The average molecular weight is 483 g/mol. The van der Waals surface area contributed by atoms with E-state index in [9.17, 15) is 18.0 Å². The van der Waals surface area contributed by atoms with Crippen LogP contribution in [0, 0.1) is 23.1 Å². The van der Waals surface area contributed by atoms with Gasteiger partial charge in [0, 0.05) is 51.4 Å². The van der Waals surface area contributed by atoms with Crippen LogP contribution in [-0.4, -0.2) is 93.7 Å². The Hall–Kier alpha value is -1.74. The molecule has 0 radical (unpaired) electrons. The Morgan fingerprint density at radius 3 is 2.33 bits per heavy atom. The van der Waals surface area contributed by atoms with Gasteiger partial charge in [-0.25, -0.2) is 18.3 Å². The standard InChI is InChI=1S/C23H35FN4O4S/c1-23(2,9-3-4-10-26-15-17-32-18-16-26)22(25-29)19-33(30,31)28-13-11-27(12-14-28)21-7-5-20(24)6-8-21/h5-8,22,25,29H,9-19H2,1-2H3. The van der Waals surface area contributed by atoms with Crippen molar-refractivity contribution in [2.45, 2.75) is 26.3 Å². The zero-order valence-corrected chi connectivity index (χ0v) is 20.3. The second kappa shape index (κ2) is 11.6. The van der Waals surface area contributed by atoms with Crippen molar-refractivity contribution in [2.24, 2.45) is 5.41 Å². The number of nitrogens with zero attached hydrogens (tertiary/aromatic N) is 3. The highest BCUT2D eigenvalue weighted by Gasteiger charge is 2.36. The number of sulfonamides is 1. The normalized spacial score (nSPS) is 19.7. The zero-order chi connectivity index (χ0) is 23.9. The molecule has 0 spiro atoms. The summed E-state index contributed by atoms with van der Waals surface area (Å²) in [5, 5.41) is 9.75. The minimum Gasteiger partial charge on any atom is -0.379 e. The summed E-state index contributed by atoms with van der Waals surface area (Å²) in [6, 6.07) is 5.56. The van der Waals surface area contributed by atoms with E-state index in [1.807, 2.05) is 18.7 Å². The molecule has 1 atom stereocenters. The summed E-state index contributed by atoms with van der Waals surface area (Å²) in [6.07, 6.45) is 0.462. The Morgan fingerprint density at radius 1 is 1.09 bits per heavy atom. The number of ether oxygens (including phenoxy) is 1. The van der Waals surface area contributed by atoms with Crippen molar-refractivity contribution in [2.75, 3.05) is 69.7 Å². The van der Waals surface area contributed by atoms with E-state index in [-0.39, 0.29) is 11.6 Å². The molecule has 1 unspecified atom stereocenters. The molecular weight excluding hydrogens is 447 g/mol. The van der Waals surface area contributed by atoms with E-state index >= 15 is 0 Å². The molecule has 0 saturated carbocycles. The number of nitrogens with one attached hydrogen (secondary N) is 1. The molecule has 2 fully saturated rings. The van der Waals surface area contributed by atoms with Crippen LogP contribution in [0.4, 0.5) is 10.1 Å². The van der Waals surface area contributed by atoms with Gasteiger partial charge in [0.05, 0.1) is 31.6 Å². The van der Waals surface area contributed by atoms with Crippen LogP contribution in [-0.2, 0) is 14.8 Å². The third kappa shape index (κ3) is 7.37. The third-order valence-corrected chi connectivity index (χ3v) is 8.28. The van der Waals surface area contributed by atoms with E-state index < -0.39 is 21.5 Å². The van der Waals surface area contributed by atoms with Gasteiger partial charge in [0.1, 0.15) is 5.82 Å². The van der Waals surface area contributed by atoms with Crippen LogP contribution in [0.5, 0.6) is 0 Å². The van der Waals surface area contributed by atoms with Crippen LogP contribution in [0.25, 0.3) is 0 Å². The molecule has 2 aliphatic heterocycles. The monoisotopic (exact) mass is 482 g/mol. The van der Waals surface area contributed by atoms with Gasteiger partial charge in [-0.2, -0.15) is 4.31 Å². The first-order valence-electron chi connectivity index (χ1n) is 11.3. The van der Waals surface area contributed by atoms with Gasteiger partial charge in [0.15, 0.2) is 0 Å². The number of anilines is 1. The minimum atomic E-state index is -3.58. The fourth-order valence-electron chi connectivity index (χ4n) is 3.97. The highest BCUT2D eigenvalue weighted by Crippen LogP contribution is 2.27. The lowest BCUT2D eigenvalue weighted by Gasteiger charge is -2.37. The Kier molecular flexibility index (Phi) is 9.09. The SMILES string of the molecule is CC(C)(CC#CCN1CCOCC1)C(CS(=O)(=O)N1CCN(c2ccc(F)cc2)CC1)NO. The molecule has 0 bridgehead atoms. The van der Waals surface area contributed by atoms with Crippen molar-refractivity contribution in [3.05, 3.63) is 30.1 Å². The number of hydrogen-bond acceptors (Lipinski definition) is 7. The van der Waals surface area contributed by atoms with E-state index in [0.29, 0.717) is 39.1 Å². The zero-order valence-electron chi connectivity index (χ0n) is 19.5. The number of rotatable bonds is 8. The molecule has 184 valence electrons. The maximum absolute atomic E-state index is 13.2. The molecule has 2 N–H and O–H groups in total. The second-order valence-electron chi connectivity index (χ2n) is 9.23. The summed E-state index contributed by atoms with van der Waals surface area (Å²) < 4.78 is 46.1. The topological polar surface area (TPSA) is 85.4 Å². The van der Waals surface area contributed by atoms with Gasteiger partial charge < -0.3 is 14.8 Å². The lowest BCUT2D eigenvalue weighted by Crippen LogP contribution is -2.53. The Balaban J connectivity index is 1.53. The highest BCUT2D eigenvalue weighted by molar-refractivity contribution is 7.89. The predicted octanol–water partition coefficient (Wildman–Crippen LogP) is 1.38. The predicted molar refractivity (Wildman–Crippen MR) is 126 cm³/mol. The lowest BCUT2D eigenvalue weighted by molar-refractivity contribution is 0.0443. The van der Waals surface area contributed by atoms with Crippen LogP contribution in [0.15, 0.2) is 24.3 Å². The molecule has 2 aliphatic rings. The summed E-state index contributed by atoms with van der Waals surface area (Å²) >= 11 is 0. The van der Waals surface area contributed by atoms with Crippen LogP contribution in [0.3, 0.4) is 0 Å². The van der Waals surface area contributed by atoms with Crippen molar-refractivity contribution >= 4 is 15.7 Å².